The molecule has 0 spiro atoms. The molecule has 0 radical (unpaired) electrons. The molecular formula is CH3O6PTi. The molecule has 0 atom stereocenters. The van der Waals surface area contributed by atoms with Crippen molar-refractivity contribution in [3.8, 4) is 0 Å². The maximum Gasteiger partial charge on any atom is 4.00 e. The monoisotopic (exact) mass is 190 g/mol. The van der Waals surface area contributed by atoms with E-state index < -0.39 is 7.82 Å². The van der Waals surface area contributed by atoms with Gasteiger partial charge in [0, 0.05) is 0 Å². The zero-order valence-electron chi connectivity index (χ0n) is 4.14. The number of hydrogen-bond acceptors (Lipinski definition) is 4. The maximum absolute atomic E-state index is 8.66. The molecule has 0 saturated heterocycles. The van der Waals surface area contributed by atoms with E-state index in [0.717, 1.165) is 0 Å². The van der Waals surface area contributed by atoms with Crippen LogP contribution in [-0.2, 0) is 36.6 Å². The second kappa shape index (κ2) is 11.3. The molecule has 0 heterocycles. The summed E-state index contributed by atoms with van der Waals surface area (Å²) < 4.78 is 8.66. The van der Waals surface area contributed by atoms with E-state index in [1.54, 1.807) is 0 Å². The smallest absolute Gasteiger partial charge is 2.00 e. The van der Waals surface area contributed by atoms with Crippen LogP contribution in [0.15, 0.2) is 0 Å². The number of phosphoric acid groups is 1. The topological polar surface area (TPSA) is 129 Å². The third-order valence-electron chi connectivity index (χ3n) is 0. The van der Waals surface area contributed by atoms with E-state index in [-0.39, 0.29) is 27.2 Å². The number of rotatable bonds is 0. The third kappa shape index (κ3) is 1710. The minimum atomic E-state index is -5.14. The van der Waals surface area contributed by atoms with Crippen LogP contribution in [0.2, 0.25) is 0 Å². The van der Waals surface area contributed by atoms with Gasteiger partial charge in [-0.1, -0.05) is 0 Å². The van der Waals surface area contributed by atoms with Gasteiger partial charge in [0.1, 0.15) is 6.79 Å². The van der Waals surface area contributed by atoms with Gasteiger partial charge < -0.3 is 29.5 Å². The van der Waals surface area contributed by atoms with E-state index in [0.29, 0.717) is 0 Å². The van der Waals surface area contributed by atoms with Crippen LogP contribution < -0.4 is 9.79 Å². The van der Waals surface area contributed by atoms with Gasteiger partial charge in [-0.25, -0.2) is 0 Å². The summed E-state index contributed by atoms with van der Waals surface area (Å²) in [5, 5.41) is 0. The first kappa shape index (κ1) is 22.7. The Labute approximate surface area is 66.3 Å². The van der Waals surface area contributed by atoms with Gasteiger partial charge in [0.05, 0.1) is 7.82 Å². The SMILES string of the molecule is C=O.O=P([O-])([O-])O.[O-2].[Ti+4]. The van der Waals surface area contributed by atoms with Crippen LogP contribution in [0.5, 0.6) is 0 Å². The predicted molar refractivity (Wildman–Crippen MR) is 17.6 cm³/mol. The summed E-state index contributed by atoms with van der Waals surface area (Å²) in [6.07, 6.45) is 0. The summed E-state index contributed by atoms with van der Waals surface area (Å²) in [6, 6.07) is 0. The van der Waals surface area contributed by atoms with Gasteiger partial charge in [0.2, 0.25) is 0 Å². The van der Waals surface area contributed by atoms with Crippen molar-refractivity contribution >= 4 is 14.6 Å². The van der Waals surface area contributed by atoms with Crippen molar-refractivity contribution in [2.75, 3.05) is 0 Å². The summed E-state index contributed by atoms with van der Waals surface area (Å²) in [4.78, 5) is 32.3. The fraction of sp³-hybridized carbons (Fsp3) is 0. The Balaban J connectivity index is -0.0000000286. The molecule has 0 aliphatic heterocycles. The number of carbonyl (C=O) groups is 1. The standard InChI is InChI=1S/CH2O.H3O4P.O.Ti/c1-2;1-5(2,3)4;;/h1H2;(H3,1,2,3,4);;/q;;-2;+4/p-2. The van der Waals surface area contributed by atoms with Crippen molar-refractivity contribution in [1.29, 1.82) is 0 Å². The first-order chi connectivity index (χ1) is 3.00. The molecule has 0 aromatic heterocycles. The van der Waals surface area contributed by atoms with Gasteiger partial charge in [-0.05, 0) is 0 Å². The summed E-state index contributed by atoms with van der Waals surface area (Å²) in [5.74, 6) is 0. The Morgan fingerprint density at radius 3 is 1.33 bits per heavy atom. The van der Waals surface area contributed by atoms with Crippen molar-refractivity contribution < 1.29 is 51.2 Å². The first-order valence-electron chi connectivity index (χ1n) is 1.04. The second-order valence-corrected chi connectivity index (χ2v) is 1.41. The molecular weight excluding hydrogens is 187 g/mol. The van der Waals surface area contributed by atoms with Crippen molar-refractivity contribution in [2.24, 2.45) is 0 Å². The zero-order chi connectivity index (χ0) is 6.50. The van der Waals surface area contributed by atoms with E-state index >= 15 is 0 Å². The van der Waals surface area contributed by atoms with Crippen LogP contribution in [0.4, 0.5) is 0 Å². The van der Waals surface area contributed by atoms with Crippen molar-refractivity contribution in [2.45, 2.75) is 0 Å². The van der Waals surface area contributed by atoms with Crippen LogP contribution in [0.1, 0.15) is 0 Å². The Bertz CT molecular complexity index is 68.9. The molecule has 0 aromatic carbocycles. The summed E-state index contributed by atoms with van der Waals surface area (Å²) in [6.45, 7) is 2.00. The average molecular weight is 190 g/mol. The predicted octanol–water partition coefficient (Wildman–Crippen LogP) is -2.50. The largest absolute Gasteiger partial charge is 4.00 e. The van der Waals surface area contributed by atoms with Gasteiger partial charge in [0.15, 0.2) is 0 Å². The van der Waals surface area contributed by atoms with Gasteiger partial charge in [-0.15, -0.1) is 0 Å². The molecule has 0 amide bonds. The van der Waals surface area contributed by atoms with E-state index in [2.05, 4.69) is 0 Å². The molecule has 0 fully saturated rings. The molecule has 0 bridgehead atoms. The molecule has 0 aliphatic rings. The van der Waals surface area contributed by atoms with E-state index in [9.17, 15) is 0 Å². The molecule has 0 saturated carbocycles. The first-order valence-corrected chi connectivity index (χ1v) is 2.53. The van der Waals surface area contributed by atoms with E-state index in [4.69, 9.17) is 24.0 Å². The normalized spacial score (nSPS) is 7.00. The second-order valence-electron chi connectivity index (χ2n) is 0.469. The van der Waals surface area contributed by atoms with Crippen LogP contribution in [0.25, 0.3) is 0 Å². The minimum absolute atomic E-state index is 0. The van der Waals surface area contributed by atoms with Gasteiger partial charge >= 0.3 is 21.7 Å². The fourth-order valence-corrected chi connectivity index (χ4v) is 0. The van der Waals surface area contributed by atoms with Gasteiger partial charge in [-0.2, -0.15) is 0 Å². The summed E-state index contributed by atoms with van der Waals surface area (Å²) in [5.41, 5.74) is 0. The number of hydrogen-bond donors (Lipinski definition) is 1. The Morgan fingerprint density at radius 1 is 1.33 bits per heavy atom. The van der Waals surface area contributed by atoms with E-state index in [1.807, 2.05) is 6.79 Å². The number of carbonyl (C=O) groups excluding carboxylic acids is 1. The Kier molecular flexibility index (Phi) is 28.5. The fourth-order valence-electron chi connectivity index (χ4n) is 0. The molecule has 0 aliphatic carbocycles. The van der Waals surface area contributed by atoms with Crippen molar-refractivity contribution in [3.05, 3.63) is 0 Å². The van der Waals surface area contributed by atoms with Crippen LogP contribution in [0.3, 0.4) is 0 Å². The Morgan fingerprint density at radius 2 is 1.33 bits per heavy atom. The van der Waals surface area contributed by atoms with Crippen molar-refractivity contribution in [1.82, 2.24) is 0 Å². The average Bonchev–Trinajstić information content (AvgIpc) is 1.36. The van der Waals surface area contributed by atoms with Crippen molar-refractivity contribution in [3.63, 3.8) is 0 Å². The molecule has 0 rings (SSSR count). The molecule has 1 N–H and O–H groups in total. The van der Waals surface area contributed by atoms with Crippen LogP contribution >= 0.6 is 7.82 Å². The van der Waals surface area contributed by atoms with Gasteiger partial charge in [-0.3, -0.25) is 0 Å². The van der Waals surface area contributed by atoms with Crippen LogP contribution in [-0.4, -0.2) is 11.7 Å². The van der Waals surface area contributed by atoms with Gasteiger partial charge in [0.25, 0.3) is 0 Å². The quantitative estimate of drug-likeness (QED) is 0.333. The van der Waals surface area contributed by atoms with E-state index in [1.165, 1.54) is 0 Å². The molecule has 8 heteroatoms. The Hall–Kier alpha value is 0.454. The zero-order valence-corrected chi connectivity index (χ0v) is 6.60. The molecule has 6 nitrogen and oxygen atoms in total. The molecule has 9 heavy (non-hydrogen) atoms. The minimum Gasteiger partial charge on any atom is -2.00 e. The third-order valence-corrected chi connectivity index (χ3v) is 0. The maximum atomic E-state index is 8.66. The summed E-state index contributed by atoms with van der Waals surface area (Å²) in [7, 11) is -5.14. The van der Waals surface area contributed by atoms with Crippen LogP contribution in [0, 0.1) is 0 Å². The molecule has 0 unspecified atom stereocenters. The molecule has 0 aromatic rings. The summed E-state index contributed by atoms with van der Waals surface area (Å²) >= 11 is 0. The molecule has 52 valence electrons.